The molecule has 220 valence electrons. The van der Waals surface area contributed by atoms with Crippen LogP contribution in [0.2, 0.25) is 5.02 Å². The maximum Gasteiger partial charge on any atom is 0.247 e. The average Bonchev–Trinajstić information content (AvgIpc) is 2.93. The molecule has 0 saturated carbocycles. The molecule has 0 aliphatic rings. The number of hydrogen-bond acceptors (Lipinski definition) is 10. The molecular formula is C27H35ClN8O4S. The van der Waals surface area contributed by atoms with Crippen molar-refractivity contribution in [3.05, 3.63) is 60.3 Å². The highest BCUT2D eigenvalue weighted by Gasteiger charge is 2.21. The first kappa shape index (κ1) is 31.5. The van der Waals surface area contributed by atoms with Gasteiger partial charge in [0.2, 0.25) is 21.9 Å². The molecule has 1 aromatic heterocycles. The van der Waals surface area contributed by atoms with Crippen molar-refractivity contribution in [3.8, 4) is 5.75 Å². The smallest absolute Gasteiger partial charge is 0.247 e. The van der Waals surface area contributed by atoms with E-state index in [2.05, 4.69) is 32.5 Å². The van der Waals surface area contributed by atoms with Gasteiger partial charge in [-0.25, -0.2) is 13.4 Å². The van der Waals surface area contributed by atoms with Gasteiger partial charge in [-0.15, -0.1) is 0 Å². The van der Waals surface area contributed by atoms with E-state index in [4.69, 9.17) is 16.3 Å². The van der Waals surface area contributed by atoms with Crippen molar-refractivity contribution in [1.29, 1.82) is 0 Å². The lowest BCUT2D eigenvalue weighted by molar-refractivity contribution is -0.111. The Morgan fingerprint density at radius 3 is 2.41 bits per heavy atom. The molecule has 0 unspecified atom stereocenters. The largest absolute Gasteiger partial charge is 0.494 e. The van der Waals surface area contributed by atoms with Gasteiger partial charge in [0.25, 0.3) is 0 Å². The van der Waals surface area contributed by atoms with Crippen molar-refractivity contribution in [2.45, 2.75) is 0 Å². The second-order valence-corrected chi connectivity index (χ2v) is 11.8. The summed E-state index contributed by atoms with van der Waals surface area (Å²) in [5, 5.41) is 9.41. The van der Waals surface area contributed by atoms with Gasteiger partial charge in [0.05, 0.1) is 42.3 Å². The van der Waals surface area contributed by atoms with Crippen molar-refractivity contribution >= 4 is 67.7 Å². The number of hydrogen-bond donors (Lipinski definition) is 3. The molecule has 1 amide bonds. The fourth-order valence-electron chi connectivity index (χ4n) is 3.79. The summed E-state index contributed by atoms with van der Waals surface area (Å²) in [5.74, 6) is 0.548. The molecule has 0 aliphatic carbocycles. The van der Waals surface area contributed by atoms with Crippen LogP contribution in [-0.4, -0.2) is 83.8 Å². The molecule has 3 N–H and O–H groups in total. The molecule has 0 radical (unpaired) electrons. The Hall–Kier alpha value is -4.07. The van der Waals surface area contributed by atoms with Crippen molar-refractivity contribution < 1.29 is 17.9 Å². The van der Waals surface area contributed by atoms with Crippen LogP contribution < -0.4 is 29.9 Å². The third kappa shape index (κ3) is 7.99. The SMILES string of the molecule is C=CC(=O)Nc1ccc(OC)c(Nc2ncc(Cl)c(Nc3ccccc3N(C)S(C)(=O)=O)n2)c1N(C)CCN(C)C. The molecule has 3 rings (SSSR count). The van der Waals surface area contributed by atoms with Crippen molar-refractivity contribution in [1.82, 2.24) is 14.9 Å². The van der Waals surface area contributed by atoms with Gasteiger partial charge in [-0.1, -0.05) is 30.3 Å². The molecule has 0 atom stereocenters. The van der Waals surface area contributed by atoms with E-state index in [-0.39, 0.29) is 22.7 Å². The van der Waals surface area contributed by atoms with Crippen molar-refractivity contribution in [2.24, 2.45) is 0 Å². The summed E-state index contributed by atoms with van der Waals surface area (Å²) in [6, 6.07) is 10.3. The molecule has 12 nitrogen and oxygen atoms in total. The summed E-state index contributed by atoms with van der Waals surface area (Å²) >= 11 is 6.44. The first-order valence-electron chi connectivity index (χ1n) is 12.5. The van der Waals surface area contributed by atoms with Crippen LogP contribution in [0.1, 0.15) is 0 Å². The number of benzene rings is 2. The molecule has 41 heavy (non-hydrogen) atoms. The van der Waals surface area contributed by atoms with Crippen LogP contribution in [0.25, 0.3) is 0 Å². The molecule has 0 bridgehead atoms. The van der Waals surface area contributed by atoms with E-state index in [0.29, 0.717) is 40.7 Å². The second kappa shape index (κ2) is 13.5. The van der Waals surface area contributed by atoms with Crippen LogP contribution in [0.15, 0.2) is 55.3 Å². The number of rotatable bonds is 13. The number of anilines is 7. The predicted molar refractivity (Wildman–Crippen MR) is 167 cm³/mol. The fraction of sp³-hybridized carbons (Fsp3) is 0.296. The highest BCUT2D eigenvalue weighted by atomic mass is 35.5. The van der Waals surface area contributed by atoms with Gasteiger partial charge in [-0.2, -0.15) is 4.98 Å². The Balaban J connectivity index is 2.07. The van der Waals surface area contributed by atoms with E-state index in [0.717, 1.165) is 17.1 Å². The van der Waals surface area contributed by atoms with Crippen LogP contribution in [0.4, 0.5) is 40.2 Å². The monoisotopic (exact) mass is 602 g/mol. The Kier molecular flexibility index (Phi) is 10.4. The lowest BCUT2D eigenvalue weighted by Crippen LogP contribution is -2.30. The number of halogens is 1. The highest BCUT2D eigenvalue weighted by molar-refractivity contribution is 7.92. The molecule has 0 aliphatic heterocycles. The standard InChI is InChI=1S/C27H35ClN8O4S/c1-8-23(37)30-20-13-14-22(40-6)24(25(20)35(4)16-15-34(2)3)32-27-29-17-18(28)26(33-27)31-19-11-9-10-12-21(19)36(5)41(7,38)39/h8-14,17H,1,15-16H2,2-7H3,(H,30,37)(H2,29,31,32,33). The minimum absolute atomic E-state index is 0.179. The number of sulfonamides is 1. The van der Waals surface area contributed by atoms with E-state index in [9.17, 15) is 13.2 Å². The van der Waals surface area contributed by atoms with Gasteiger partial charge in [0.1, 0.15) is 16.5 Å². The fourth-order valence-corrected chi connectivity index (χ4v) is 4.45. The Labute approximate surface area is 246 Å². The van der Waals surface area contributed by atoms with E-state index in [1.807, 2.05) is 30.9 Å². The maximum absolute atomic E-state index is 12.2. The zero-order valence-corrected chi connectivity index (χ0v) is 25.5. The van der Waals surface area contributed by atoms with Crippen LogP contribution in [-0.2, 0) is 14.8 Å². The topological polar surface area (TPSA) is 132 Å². The third-order valence-corrected chi connectivity index (χ3v) is 7.51. The Bertz CT molecular complexity index is 1520. The zero-order valence-electron chi connectivity index (χ0n) is 23.9. The molecule has 3 aromatic rings. The molecule has 0 spiro atoms. The summed E-state index contributed by atoms with van der Waals surface area (Å²) in [4.78, 5) is 25.2. The van der Waals surface area contributed by atoms with E-state index in [1.54, 1.807) is 36.4 Å². The summed E-state index contributed by atoms with van der Waals surface area (Å²) in [6.07, 6.45) is 3.74. The molecule has 14 heteroatoms. The Morgan fingerprint density at radius 2 is 1.78 bits per heavy atom. The molecule has 1 heterocycles. The summed E-state index contributed by atoms with van der Waals surface area (Å²) in [5.41, 5.74) is 2.58. The van der Waals surface area contributed by atoms with E-state index in [1.165, 1.54) is 26.4 Å². The van der Waals surface area contributed by atoms with Crippen molar-refractivity contribution in [3.63, 3.8) is 0 Å². The zero-order chi connectivity index (χ0) is 30.3. The lowest BCUT2D eigenvalue weighted by atomic mass is 10.1. The quantitative estimate of drug-likeness (QED) is 0.245. The van der Waals surface area contributed by atoms with E-state index >= 15 is 0 Å². The van der Waals surface area contributed by atoms with Gasteiger partial charge in [-0.05, 0) is 44.4 Å². The Morgan fingerprint density at radius 1 is 1.07 bits per heavy atom. The number of nitrogens with zero attached hydrogens (tertiary/aromatic N) is 5. The molecule has 0 saturated heterocycles. The normalized spacial score (nSPS) is 11.1. The number of ether oxygens (including phenoxy) is 1. The van der Waals surface area contributed by atoms with E-state index < -0.39 is 10.0 Å². The number of para-hydroxylation sites is 2. The van der Waals surface area contributed by atoms with Crippen LogP contribution in [0.3, 0.4) is 0 Å². The summed E-state index contributed by atoms with van der Waals surface area (Å²) in [7, 11) is 5.33. The number of nitrogens with one attached hydrogen (secondary N) is 3. The van der Waals surface area contributed by atoms with Gasteiger partial charge >= 0.3 is 0 Å². The lowest BCUT2D eigenvalue weighted by Gasteiger charge is -2.28. The minimum Gasteiger partial charge on any atom is -0.494 e. The van der Waals surface area contributed by atoms with Gasteiger partial charge in [0.15, 0.2) is 5.82 Å². The number of amides is 1. The third-order valence-electron chi connectivity index (χ3n) is 6.04. The van der Waals surface area contributed by atoms with Crippen LogP contribution in [0, 0.1) is 0 Å². The first-order chi connectivity index (χ1) is 19.3. The maximum atomic E-state index is 12.2. The molecule has 0 fully saturated rings. The van der Waals surface area contributed by atoms with Crippen LogP contribution in [0.5, 0.6) is 5.75 Å². The minimum atomic E-state index is -3.52. The number of likely N-dealkylation sites (N-methyl/N-ethyl adjacent to an activating group) is 2. The average molecular weight is 603 g/mol. The molecule has 2 aromatic carbocycles. The number of aromatic nitrogens is 2. The summed E-state index contributed by atoms with van der Waals surface area (Å²) in [6.45, 7) is 4.92. The molecular weight excluding hydrogens is 568 g/mol. The van der Waals surface area contributed by atoms with Crippen LogP contribution >= 0.6 is 11.6 Å². The first-order valence-corrected chi connectivity index (χ1v) is 14.7. The number of methoxy groups -OCH3 is 1. The van der Waals surface area contributed by atoms with Gasteiger partial charge in [-0.3, -0.25) is 9.10 Å². The predicted octanol–water partition coefficient (Wildman–Crippen LogP) is 4.14. The summed E-state index contributed by atoms with van der Waals surface area (Å²) < 4.78 is 31.2. The second-order valence-electron chi connectivity index (χ2n) is 9.34. The highest BCUT2D eigenvalue weighted by Crippen LogP contribution is 2.42. The van der Waals surface area contributed by atoms with Gasteiger partial charge < -0.3 is 30.5 Å². The number of carbonyl (C=O) groups is 1. The van der Waals surface area contributed by atoms with Crippen molar-refractivity contribution in [2.75, 3.05) is 79.8 Å². The number of carbonyl (C=O) groups excluding carboxylic acids is 1. The van der Waals surface area contributed by atoms with Gasteiger partial charge in [0, 0.05) is 27.2 Å².